The Labute approximate surface area is 120 Å². The fourth-order valence-electron chi connectivity index (χ4n) is 2.01. The van der Waals surface area contributed by atoms with Crippen molar-refractivity contribution < 1.29 is 14.3 Å². The van der Waals surface area contributed by atoms with Crippen LogP contribution >= 0.6 is 11.8 Å². The third-order valence-electron chi connectivity index (χ3n) is 2.95. The number of amides is 1. The molecule has 0 radical (unpaired) electrons. The largest absolute Gasteiger partial charge is 0.464 e. The number of carbonyl (C=O) groups is 2. The normalized spacial score (nSPS) is 18.6. The van der Waals surface area contributed by atoms with Crippen molar-refractivity contribution in [3.8, 4) is 0 Å². The van der Waals surface area contributed by atoms with Crippen molar-refractivity contribution in [2.75, 3.05) is 24.7 Å². The van der Waals surface area contributed by atoms with Gasteiger partial charge in [-0.3, -0.25) is 9.59 Å². The van der Waals surface area contributed by atoms with Crippen LogP contribution in [0.2, 0.25) is 0 Å². The van der Waals surface area contributed by atoms with E-state index in [1.807, 2.05) is 0 Å². The van der Waals surface area contributed by atoms with Crippen LogP contribution in [0.25, 0.3) is 0 Å². The number of nitrogens with one attached hydrogen (secondary N) is 1. The summed E-state index contributed by atoms with van der Waals surface area (Å²) in [6.07, 6.45) is 0. The molecule has 2 rings (SSSR count). The lowest BCUT2D eigenvalue weighted by molar-refractivity contribution is -0.147. The van der Waals surface area contributed by atoms with E-state index >= 15 is 0 Å². The van der Waals surface area contributed by atoms with Gasteiger partial charge in [-0.1, -0.05) is 6.07 Å². The van der Waals surface area contributed by atoms with Crippen LogP contribution in [0, 0.1) is 0 Å². The number of thioether (sulfide) groups is 1. The summed E-state index contributed by atoms with van der Waals surface area (Å²) in [4.78, 5) is 39.6. The van der Waals surface area contributed by atoms with Gasteiger partial charge in [0.2, 0.25) is 5.56 Å². The number of carbonyl (C=O) groups excluding carboxylic acids is 2. The SMILES string of the molecule is CCOC(=O)C1CSCCN1C(=O)c1cccc(=O)[nH]1. The second kappa shape index (κ2) is 6.60. The third kappa shape index (κ3) is 3.22. The van der Waals surface area contributed by atoms with Crippen molar-refractivity contribution in [2.24, 2.45) is 0 Å². The van der Waals surface area contributed by atoms with Gasteiger partial charge in [0.05, 0.1) is 6.61 Å². The van der Waals surface area contributed by atoms with Crippen LogP contribution in [0.3, 0.4) is 0 Å². The van der Waals surface area contributed by atoms with E-state index in [0.29, 0.717) is 12.3 Å². The minimum absolute atomic E-state index is 0.193. The Hall–Kier alpha value is -1.76. The molecule has 0 aliphatic carbocycles. The lowest BCUT2D eigenvalue weighted by atomic mass is 10.2. The molecule has 1 aliphatic rings. The zero-order valence-electron chi connectivity index (χ0n) is 11.1. The summed E-state index contributed by atoms with van der Waals surface area (Å²) in [6, 6.07) is 3.80. The Kier molecular flexibility index (Phi) is 4.84. The van der Waals surface area contributed by atoms with E-state index in [-0.39, 0.29) is 23.8 Å². The van der Waals surface area contributed by atoms with Gasteiger partial charge < -0.3 is 14.6 Å². The number of H-pyrrole nitrogens is 1. The van der Waals surface area contributed by atoms with Gasteiger partial charge in [0.15, 0.2) is 0 Å². The van der Waals surface area contributed by atoms with Gasteiger partial charge in [0.25, 0.3) is 5.91 Å². The van der Waals surface area contributed by atoms with Crippen molar-refractivity contribution in [1.29, 1.82) is 0 Å². The van der Waals surface area contributed by atoms with Gasteiger partial charge in [-0.05, 0) is 13.0 Å². The van der Waals surface area contributed by atoms with Crippen LogP contribution in [0.4, 0.5) is 0 Å². The number of ether oxygens (including phenoxy) is 1. The van der Waals surface area contributed by atoms with Crippen LogP contribution in [0.5, 0.6) is 0 Å². The number of hydrogen-bond acceptors (Lipinski definition) is 5. The third-order valence-corrected chi connectivity index (χ3v) is 3.97. The first-order valence-electron chi connectivity index (χ1n) is 6.38. The van der Waals surface area contributed by atoms with Crippen LogP contribution < -0.4 is 5.56 Å². The molecule has 1 unspecified atom stereocenters. The van der Waals surface area contributed by atoms with E-state index in [4.69, 9.17) is 4.74 Å². The maximum absolute atomic E-state index is 12.4. The van der Waals surface area contributed by atoms with Crippen LogP contribution in [0.1, 0.15) is 17.4 Å². The highest BCUT2D eigenvalue weighted by atomic mass is 32.2. The topological polar surface area (TPSA) is 79.5 Å². The summed E-state index contributed by atoms with van der Waals surface area (Å²) < 4.78 is 5.00. The number of aromatic amines is 1. The molecule has 6 nitrogen and oxygen atoms in total. The molecule has 1 N–H and O–H groups in total. The molecular formula is C13H16N2O4S. The first-order chi connectivity index (χ1) is 9.63. The van der Waals surface area contributed by atoms with Crippen molar-refractivity contribution in [3.63, 3.8) is 0 Å². The van der Waals surface area contributed by atoms with Gasteiger partial charge in [-0.2, -0.15) is 11.8 Å². The first-order valence-corrected chi connectivity index (χ1v) is 7.53. The molecule has 0 spiro atoms. The Morgan fingerprint density at radius 2 is 2.30 bits per heavy atom. The summed E-state index contributed by atoms with van der Waals surface area (Å²) in [5, 5.41) is 0. The molecule has 1 atom stereocenters. The Bertz CT molecular complexity index is 557. The second-order valence-electron chi connectivity index (χ2n) is 4.27. The van der Waals surface area contributed by atoms with Crippen LogP contribution in [0.15, 0.2) is 23.0 Å². The zero-order chi connectivity index (χ0) is 14.5. The van der Waals surface area contributed by atoms with E-state index < -0.39 is 12.0 Å². The Morgan fingerprint density at radius 3 is 3.00 bits per heavy atom. The maximum Gasteiger partial charge on any atom is 0.329 e. The summed E-state index contributed by atoms with van der Waals surface area (Å²) in [6.45, 7) is 2.48. The highest BCUT2D eigenvalue weighted by molar-refractivity contribution is 7.99. The Balaban J connectivity index is 2.21. The minimum atomic E-state index is -0.593. The second-order valence-corrected chi connectivity index (χ2v) is 5.42. The Morgan fingerprint density at radius 1 is 1.50 bits per heavy atom. The lowest BCUT2D eigenvalue weighted by Crippen LogP contribution is -2.51. The van der Waals surface area contributed by atoms with Crippen molar-refractivity contribution >= 4 is 23.6 Å². The summed E-state index contributed by atoms with van der Waals surface area (Å²) in [5.74, 6) is 0.535. The average Bonchev–Trinajstić information content (AvgIpc) is 2.47. The molecule has 1 fully saturated rings. The van der Waals surface area contributed by atoms with E-state index in [9.17, 15) is 14.4 Å². The average molecular weight is 296 g/mol. The fraction of sp³-hybridized carbons (Fsp3) is 0.462. The lowest BCUT2D eigenvalue weighted by Gasteiger charge is -2.33. The first kappa shape index (κ1) is 14.6. The van der Waals surface area contributed by atoms with E-state index in [1.165, 1.54) is 23.1 Å². The molecule has 1 saturated heterocycles. The number of pyridine rings is 1. The fourth-order valence-corrected chi connectivity index (χ4v) is 3.04. The number of esters is 1. The van der Waals surface area contributed by atoms with Gasteiger partial charge in [-0.25, -0.2) is 4.79 Å². The molecule has 108 valence electrons. The van der Waals surface area contributed by atoms with Gasteiger partial charge in [0.1, 0.15) is 11.7 Å². The number of aromatic nitrogens is 1. The maximum atomic E-state index is 12.4. The molecule has 0 bridgehead atoms. The summed E-state index contributed by atoms with van der Waals surface area (Å²) in [5.41, 5.74) is -0.145. The standard InChI is InChI=1S/C13H16N2O4S/c1-2-19-13(18)10-8-20-7-6-15(10)12(17)9-4-3-5-11(16)14-9/h3-5,10H,2,6-8H2,1H3,(H,14,16). The molecule has 0 aromatic carbocycles. The van der Waals surface area contributed by atoms with Crippen LogP contribution in [-0.4, -0.2) is 52.5 Å². The predicted octanol–water partition coefficient (Wildman–Crippen LogP) is 0.496. The summed E-state index contributed by atoms with van der Waals surface area (Å²) >= 11 is 1.61. The summed E-state index contributed by atoms with van der Waals surface area (Å²) in [7, 11) is 0. The number of nitrogens with zero attached hydrogens (tertiary/aromatic N) is 1. The monoisotopic (exact) mass is 296 g/mol. The predicted molar refractivity (Wildman–Crippen MR) is 75.8 cm³/mol. The van der Waals surface area contributed by atoms with Gasteiger partial charge in [-0.15, -0.1) is 0 Å². The zero-order valence-corrected chi connectivity index (χ0v) is 11.9. The van der Waals surface area contributed by atoms with Gasteiger partial charge >= 0.3 is 5.97 Å². The highest BCUT2D eigenvalue weighted by Crippen LogP contribution is 2.19. The van der Waals surface area contributed by atoms with Crippen molar-refractivity contribution in [2.45, 2.75) is 13.0 Å². The molecule has 2 heterocycles. The molecular weight excluding hydrogens is 280 g/mol. The molecule has 1 aromatic heterocycles. The van der Waals surface area contributed by atoms with Crippen molar-refractivity contribution in [1.82, 2.24) is 9.88 Å². The molecule has 1 aliphatic heterocycles. The minimum Gasteiger partial charge on any atom is -0.464 e. The highest BCUT2D eigenvalue weighted by Gasteiger charge is 2.34. The van der Waals surface area contributed by atoms with E-state index in [2.05, 4.69) is 4.98 Å². The molecule has 7 heteroatoms. The number of hydrogen-bond donors (Lipinski definition) is 1. The molecule has 1 aromatic rings. The molecule has 0 saturated carbocycles. The smallest absolute Gasteiger partial charge is 0.329 e. The molecule has 1 amide bonds. The van der Waals surface area contributed by atoms with Gasteiger partial charge in [0, 0.05) is 24.1 Å². The van der Waals surface area contributed by atoms with E-state index in [0.717, 1.165) is 5.75 Å². The number of rotatable bonds is 3. The van der Waals surface area contributed by atoms with E-state index in [1.54, 1.807) is 18.7 Å². The molecule has 20 heavy (non-hydrogen) atoms. The quantitative estimate of drug-likeness (QED) is 0.822. The van der Waals surface area contributed by atoms with Crippen molar-refractivity contribution in [3.05, 3.63) is 34.2 Å². The van der Waals surface area contributed by atoms with Crippen LogP contribution in [-0.2, 0) is 9.53 Å².